The van der Waals surface area contributed by atoms with Gasteiger partial charge in [0.1, 0.15) is 18.2 Å². The summed E-state index contributed by atoms with van der Waals surface area (Å²) in [5.41, 5.74) is 2.98. The van der Waals surface area contributed by atoms with Crippen LogP contribution in [0.2, 0.25) is 0 Å². The molecule has 4 nitrogen and oxygen atoms in total. The van der Waals surface area contributed by atoms with Crippen LogP contribution in [0.25, 0.3) is 21.9 Å². The lowest BCUT2D eigenvalue weighted by Gasteiger charge is -2.05. The molecule has 19 heavy (non-hydrogen) atoms. The zero-order chi connectivity index (χ0) is 13.1. The monoisotopic (exact) mass is 251 g/mol. The average molecular weight is 251 g/mol. The van der Waals surface area contributed by atoms with E-state index < -0.39 is 0 Å². The first-order valence-corrected chi connectivity index (χ1v) is 6.12. The summed E-state index contributed by atoms with van der Waals surface area (Å²) in [4.78, 5) is 8.78. The third kappa shape index (κ3) is 2.11. The Morgan fingerprint density at radius 3 is 3.00 bits per heavy atom. The first-order valence-electron chi connectivity index (χ1n) is 6.12. The van der Waals surface area contributed by atoms with Crippen molar-refractivity contribution in [2.75, 3.05) is 6.61 Å². The number of ether oxygens (including phenoxy) is 1. The van der Waals surface area contributed by atoms with Gasteiger partial charge in [0.25, 0.3) is 0 Å². The maximum atomic E-state index is 5.19. The first kappa shape index (κ1) is 11.5. The molecule has 94 valence electrons. The van der Waals surface area contributed by atoms with Gasteiger partial charge in [-0.05, 0) is 6.07 Å². The zero-order valence-corrected chi connectivity index (χ0v) is 10.6. The second kappa shape index (κ2) is 4.99. The Balaban J connectivity index is 2.04. The summed E-state index contributed by atoms with van der Waals surface area (Å²) < 4.78 is 7.27. The number of hydrogen-bond acceptors (Lipinski definition) is 3. The Morgan fingerprint density at radius 2 is 2.11 bits per heavy atom. The molecular weight excluding hydrogens is 238 g/mol. The van der Waals surface area contributed by atoms with Crippen LogP contribution in [-0.2, 0) is 11.3 Å². The van der Waals surface area contributed by atoms with Crippen LogP contribution in [-0.4, -0.2) is 21.1 Å². The van der Waals surface area contributed by atoms with Crippen LogP contribution in [0, 0.1) is 12.0 Å². The van der Waals surface area contributed by atoms with Gasteiger partial charge in [-0.2, -0.15) is 0 Å². The molecule has 0 saturated heterocycles. The van der Waals surface area contributed by atoms with Gasteiger partial charge in [0.05, 0.1) is 30.1 Å². The predicted molar refractivity (Wildman–Crippen MR) is 74.4 cm³/mol. The molecule has 2 heterocycles. The number of nitrogens with zero attached hydrogens (tertiary/aromatic N) is 3. The minimum Gasteiger partial charge on any atom is -0.445 e. The highest BCUT2D eigenvalue weighted by atomic mass is 16.5. The Kier molecular flexibility index (Phi) is 3.03. The van der Waals surface area contributed by atoms with E-state index in [-0.39, 0.29) is 0 Å². The third-order valence-electron chi connectivity index (χ3n) is 2.96. The van der Waals surface area contributed by atoms with E-state index >= 15 is 0 Å². The molecule has 0 spiro atoms. The molecule has 3 aromatic rings. The highest BCUT2D eigenvalue weighted by molar-refractivity contribution is 6.01. The molecule has 2 aromatic heterocycles. The van der Waals surface area contributed by atoms with Crippen LogP contribution in [0.1, 0.15) is 6.92 Å². The molecule has 0 aliphatic rings. The number of aromatic nitrogens is 3. The van der Waals surface area contributed by atoms with Gasteiger partial charge in [-0.1, -0.05) is 24.1 Å². The second-order valence-electron chi connectivity index (χ2n) is 4.15. The van der Waals surface area contributed by atoms with Gasteiger partial charge in [-0.3, -0.25) is 4.98 Å². The Morgan fingerprint density at radius 1 is 1.21 bits per heavy atom. The summed E-state index contributed by atoms with van der Waals surface area (Å²) in [7, 11) is 0. The lowest BCUT2D eigenvalue weighted by molar-refractivity contribution is 0.262. The maximum Gasteiger partial charge on any atom is 0.118 e. The quantitative estimate of drug-likeness (QED) is 0.530. The van der Waals surface area contributed by atoms with Crippen molar-refractivity contribution in [1.82, 2.24) is 14.5 Å². The highest BCUT2D eigenvalue weighted by Crippen LogP contribution is 2.22. The number of rotatable bonds is 3. The average Bonchev–Trinajstić information content (AvgIpc) is 2.87. The Bertz CT molecular complexity index is 780. The van der Waals surface area contributed by atoms with Crippen LogP contribution in [0.4, 0.5) is 0 Å². The molecule has 0 unspecified atom stereocenters. The van der Waals surface area contributed by atoms with Gasteiger partial charge >= 0.3 is 0 Å². The van der Waals surface area contributed by atoms with Crippen molar-refractivity contribution in [1.29, 1.82) is 0 Å². The van der Waals surface area contributed by atoms with E-state index in [1.165, 1.54) is 0 Å². The maximum absolute atomic E-state index is 5.19. The summed E-state index contributed by atoms with van der Waals surface area (Å²) >= 11 is 0. The van der Waals surface area contributed by atoms with Gasteiger partial charge in [0.2, 0.25) is 0 Å². The van der Waals surface area contributed by atoms with E-state index in [0.717, 1.165) is 28.5 Å². The van der Waals surface area contributed by atoms with Gasteiger partial charge < -0.3 is 9.30 Å². The summed E-state index contributed by atoms with van der Waals surface area (Å²) in [5, 5.41) is 1.11. The van der Waals surface area contributed by atoms with E-state index in [9.17, 15) is 0 Å². The standard InChI is InChI=1S/C15H13N3O/c1-2-8-19-9-7-18-11-17-14-10-16-13-6-4-3-5-12(13)15(14)18/h3-6,10-11H,7,9H2,1H3. The Hall–Kier alpha value is -2.54. The van der Waals surface area contributed by atoms with Crippen molar-refractivity contribution in [2.45, 2.75) is 13.5 Å². The summed E-state index contributed by atoms with van der Waals surface area (Å²) in [6.07, 6.45) is 6.23. The van der Waals surface area contributed by atoms with Gasteiger partial charge in [0.15, 0.2) is 0 Å². The molecule has 0 aliphatic carbocycles. The fourth-order valence-electron chi connectivity index (χ4n) is 2.14. The fraction of sp³-hybridized carbons (Fsp3) is 0.200. The van der Waals surface area contributed by atoms with Crippen LogP contribution in [0.3, 0.4) is 0 Å². The summed E-state index contributed by atoms with van der Waals surface area (Å²) in [6.45, 7) is 3.02. The molecule has 0 saturated carbocycles. The van der Waals surface area contributed by atoms with Crippen molar-refractivity contribution in [2.24, 2.45) is 0 Å². The first-order chi connectivity index (χ1) is 9.40. The number of fused-ring (bicyclic) bond motifs is 3. The fourth-order valence-corrected chi connectivity index (χ4v) is 2.14. The van der Waals surface area contributed by atoms with E-state index in [1.54, 1.807) is 13.1 Å². The SMILES string of the molecule is CC#COCCn1cnc2cnc3ccccc3c21. The van der Waals surface area contributed by atoms with Gasteiger partial charge in [-0.25, -0.2) is 4.98 Å². The molecule has 0 fully saturated rings. The summed E-state index contributed by atoms with van der Waals surface area (Å²) in [5.74, 6) is 2.71. The molecule has 0 radical (unpaired) electrons. The number of hydrogen-bond donors (Lipinski definition) is 0. The smallest absolute Gasteiger partial charge is 0.118 e. The predicted octanol–water partition coefficient (Wildman–Crippen LogP) is 2.58. The summed E-state index contributed by atoms with van der Waals surface area (Å²) in [6, 6.07) is 8.07. The molecule has 3 rings (SSSR count). The normalized spacial score (nSPS) is 10.4. The van der Waals surface area contributed by atoms with E-state index in [2.05, 4.69) is 32.6 Å². The largest absolute Gasteiger partial charge is 0.445 e. The highest BCUT2D eigenvalue weighted by Gasteiger charge is 2.07. The van der Waals surface area contributed by atoms with Crippen molar-refractivity contribution in [3.05, 3.63) is 36.8 Å². The molecule has 0 bridgehead atoms. The van der Waals surface area contributed by atoms with Gasteiger partial charge in [-0.15, -0.1) is 0 Å². The van der Waals surface area contributed by atoms with Crippen molar-refractivity contribution in [3.8, 4) is 12.0 Å². The lowest BCUT2D eigenvalue weighted by Crippen LogP contribution is -2.02. The molecule has 4 heteroatoms. The molecule has 0 amide bonds. The Labute approximate surface area is 111 Å². The molecule has 1 aromatic carbocycles. The molecule has 0 N–H and O–H groups in total. The minimum absolute atomic E-state index is 0.545. The molecule has 0 atom stereocenters. The second-order valence-corrected chi connectivity index (χ2v) is 4.15. The van der Waals surface area contributed by atoms with Crippen molar-refractivity contribution in [3.63, 3.8) is 0 Å². The van der Waals surface area contributed by atoms with E-state index in [4.69, 9.17) is 4.74 Å². The van der Waals surface area contributed by atoms with Crippen LogP contribution in [0.15, 0.2) is 36.8 Å². The number of benzene rings is 1. The lowest BCUT2D eigenvalue weighted by atomic mass is 10.2. The molecular formula is C15H13N3O. The van der Waals surface area contributed by atoms with Crippen LogP contribution < -0.4 is 0 Å². The molecule has 0 aliphatic heterocycles. The minimum atomic E-state index is 0.545. The number of para-hydroxylation sites is 1. The van der Waals surface area contributed by atoms with E-state index in [0.29, 0.717) is 6.61 Å². The number of imidazole rings is 1. The zero-order valence-electron chi connectivity index (χ0n) is 10.6. The van der Waals surface area contributed by atoms with Crippen LogP contribution >= 0.6 is 0 Å². The number of pyridine rings is 1. The van der Waals surface area contributed by atoms with E-state index in [1.807, 2.05) is 24.5 Å². The van der Waals surface area contributed by atoms with Gasteiger partial charge in [0, 0.05) is 12.3 Å². The van der Waals surface area contributed by atoms with Crippen LogP contribution in [0.5, 0.6) is 0 Å². The third-order valence-corrected chi connectivity index (χ3v) is 2.96. The van der Waals surface area contributed by atoms with Crippen molar-refractivity contribution < 1.29 is 4.74 Å². The topological polar surface area (TPSA) is 39.9 Å². The van der Waals surface area contributed by atoms with Crippen molar-refractivity contribution >= 4 is 21.9 Å².